The molecule has 82 valence electrons. The second-order valence-electron chi connectivity index (χ2n) is 4.60. The van der Waals surface area contributed by atoms with E-state index in [1.807, 2.05) is 12.1 Å². The highest BCUT2D eigenvalue weighted by Crippen LogP contribution is 2.28. The molecule has 0 spiro atoms. The third kappa shape index (κ3) is 2.65. The number of nitrogen functional groups attached to an aromatic ring is 1. The fourth-order valence-corrected chi connectivity index (χ4v) is 2.46. The summed E-state index contributed by atoms with van der Waals surface area (Å²) in [5.74, 6) is 1.02. The van der Waals surface area contributed by atoms with Crippen molar-refractivity contribution < 1.29 is 5.11 Å². The predicted molar refractivity (Wildman–Crippen MR) is 62.8 cm³/mol. The van der Waals surface area contributed by atoms with Crippen LogP contribution in [0.25, 0.3) is 0 Å². The molecule has 2 rings (SSSR count). The smallest absolute Gasteiger partial charge is 0.138 e. The molecule has 2 heteroatoms. The van der Waals surface area contributed by atoms with E-state index in [0.717, 1.165) is 12.3 Å². The van der Waals surface area contributed by atoms with E-state index in [2.05, 4.69) is 0 Å². The van der Waals surface area contributed by atoms with Gasteiger partial charge in [0.05, 0.1) is 5.69 Å². The molecular formula is C13H19NO. The first-order chi connectivity index (χ1) is 7.25. The largest absolute Gasteiger partial charge is 0.506 e. The van der Waals surface area contributed by atoms with Crippen molar-refractivity contribution in [2.45, 2.75) is 38.5 Å². The number of aromatic hydroxyl groups is 1. The Morgan fingerprint density at radius 2 is 1.93 bits per heavy atom. The van der Waals surface area contributed by atoms with Crippen molar-refractivity contribution in [2.24, 2.45) is 5.92 Å². The average molecular weight is 205 g/mol. The van der Waals surface area contributed by atoms with Crippen molar-refractivity contribution in [3.8, 4) is 5.75 Å². The highest BCUT2D eigenvalue weighted by atomic mass is 16.3. The van der Waals surface area contributed by atoms with Crippen LogP contribution in [0.1, 0.15) is 37.7 Å². The zero-order chi connectivity index (χ0) is 10.7. The minimum absolute atomic E-state index is 0.197. The third-order valence-electron chi connectivity index (χ3n) is 3.34. The fourth-order valence-electron chi connectivity index (χ4n) is 2.46. The molecule has 0 radical (unpaired) electrons. The summed E-state index contributed by atoms with van der Waals surface area (Å²) in [6.45, 7) is 0. The number of rotatable bonds is 2. The van der Waals surface area contributed by atoms with Gasteiger partial charge in [-0.25, -0.2) is 0 Å². The van der Waals surface area contributed by atoms with Gasteiger partial charge in [-0.05, 0) is 30.0 Å². The van der Waals surface area contributed by atoms with E-state index in [0.29, 0.717) is 5.69 Å². The van der Waals surface area contributed by atoms with Gasteiger partial charge >= 0.3 is 0 Å². The van der Waals surface area contributed by atoms with Crippen molar-refractivity contribution in [1.29, 1.82) is 0 Å². The van der Waals surface area contributed by atoms with Crippen molar-refractivity contribution in [2.75, 3.05) is 5.73 Å². The van der Waals surface area contributed by atoms with Crippen LogP contribution < -0.4 is 5.73 Å². The third-order valence-corrected chi connectivity index (χ3v) is 3.34. The number of phenolic OH excluding ortho intramolecular Hbond substituents is 1. The first kappa shape index (κ1) is 10.3. The molecular weight excluding hydrogens is 186 g/mol. The summed E-state index contributed by atoms with van der Waals surface area (Å²) in [6.07, 6.45) is 7.96. The minimum Gasteiger partial charge on any atom is -0.506 e. The van der Waals surface area contributed by atoms with Gasteiger partial charge in [0.1, 0.15) is 5.75 Å². The van der Waals surface area contributed by atoms with Crippen LogP contribution in [0.2, 0.25) is 0 Å². The number of phenols is 1. The molecule has 0 unspecified atom stereocenters. The van der Waals surface area contributed by atoms with E-state index in [4.69, 9.17) is 5.73 Å². The van der Waals surface area contributed by atoms with Crippen LogP contribution in [0, 0.1) is 5.92 Å². The molecule has 0 bridgehead atoms. The summed E-state index contributed by atoms with van der Waals surface area (Å²) in [5, 5.41) is 9.32. The van der Waals surface area contributed by atoms with Gasteiger partial charge < -0.3 is 10.8 Å². The molecule has 2 nitrogen and oxygen atoms in total. The summed E-state index contributed by atoms with van der Waals surface area (Å²) >= 11 is 0. The number of hydrogen-bond donors (Lipinski definition) is 2. The Morgan fingerprint density at radius 3 is 2.60 bits per heavy atom. The summed E-state index contributed by atoms with van der Waals surface area (Å²) in [4.78, 5) is 0. The topological polar surface area (TPSA) is 46.2 Å². The van der Waals surface area contributed by atoms with Gasteiger partial charge in [0.15, 0.2) is 0 Å². The van der Waals surface area contributed by atoms with Crippen LogP contribution >= 0.6 is 0 Å². The molecule has 1 aromatic rings. The first-order valence-electron chi connectivity index (χ1n) is 5.83. The summed E-state index contributed by atoms with van der Waals surface area (Å²) < 4.78 is 0. The van der Waals surface area contributed by atoms with E-state index in [1.54, 1.807) is 6.07 Å². The second-order valence-corrected chi connectivity index (χ2v) is 4.60. The molecule has 3 N–H and O–H groups in total. The molecule has 0 saturated heterocycles. The van der Waals surface area contributed by atoms with Gasteiger partial charge in [0, 0.05) is 0 Å². The Labute approximate surface area is 91.1 Å². The average Bonchev–Trinajstić information content (AvgIpc) is 2.25. The van der Waals surface area contributed by atoms with Gasteiger partial charge in [-0.2, -0.15) is 0 Å². The fraction of sp³-hybridized carbons (Fsp3) is 0.538. The normalized spacial score (nSPS) is 17.9. The van der Waals surface area contributed by atoms with Crippen molar-refractivity contribution in [3.05, 3.63) is 23.8 Å². The molecule has 15 heavy (non-hydrogen) atoms. The Bertz CT molecular complexity index is 329. The van der Waals surface area contributed by atoms with E-state index in [1.165, 1.54) is 37.7 Å². The number of anilines is 1. The van der Waals surface area contributed by atoms with Gasteiger partial charge in [-0.1, -0.05) is 38.2 Å². The number of hydrogen-bond acceptors (Lipinski definition) is 2. The lowest BCUT2D eigenvalue weighted by Crippen LogP contribution is -2.09. The van der Waals surface area contributed by atoms with E-state index in [9.17, 15) is 5.11 Å². The molecule has 0 amide bonds. The summed E-state index contributed by atoms with van der Waals surface area (Å²) in [5.41, 5.74) is 7.44. The molecule has 1 aromatic carbocycles. The zero-order valence-electron chi connectivity index (χ0n) is 9.08. The summed E-state index contributed by atoms with van der Waals surface area (Å²) in [6, 6.07) is 5.59. The monoisotopic (exact) mass is 205 g/mol. The predicted octanol–water partition coefficient (Wildman–Crippen LogP) is 3.10. The summed E-state index contributed by atoms with van der Waals surface area (Å²) in [7, 11) is 0. The highest BCUT2D eigenvalue weighted by Gasteiger charge is 2.14. The van der Waals surface area contributed by atoms with Crippen LogP contribution in [0.5, 0.6) is 5.75 Å². The van der Waals surface area contributed by atoms with E-state index < -0.39 is 0 Å². The molecule has 1 aliphatic carbocycles. The van der Waals surface area contributed by atoms with Crippen LogP contribution in [0.3, 0.4) is 0 Å². The van der Waals surface area contributed by atoms with Crippen molar-refractivity contribution in [3.63, 3.8) is 0 Å². The Balaban J connectivity index is 2.00. The van der Waals surface area contributed by atoms with Gasteiger partial charge in [-0.3, -0.25) is 0 Å². The Kier molecular flexibility index (Phi) is 3.14. The molecule has 0 aromatic heterocycles. The quantitative estimate of drug-likeness (QED) is 0.575. The highest BCUT2D eigenvalue weighted by molar-refractivity contribution is 5.53. The van der Waals surface area contributed by atoms with Gasteiger partial charge in [0.25, 0.3) is 0 Å². The lowest BCUT2D eigenvalue weighted by Gasteiger charge is -2.21. The second kappa shape index (κ2) is 4.56. The van der Waals surface area contributed by atoms with E-state index in [-0.39, 0.29) is 5.75 Å². The maximum Gasteiger partial charge on any atom is 0.138 e. The number of nitrogens with two attached hydrogens (primary N) is 1. The number of benzene rings is 1. The molecule has 0 heterocycles. The zero-order valence-corrected chi connectivity index (χ0v) is 9.08. The first-order valence-corrected chi connectivity index (χ1v) is 5.83. The SMILES string of the molecule is Nc1cc(CC2CCCCC2)ccc1O. The van der Waals surface area contributed by atoms with Crippen LogP contribution in [0.4, 0.5) is 5.69 Å². The Hall–Kier alpha value is -1.18. The lowest BCUT2D eigenvalue weighted by molar-refractivity contribution is 0.356. The minimum atomic E-state index is 0.197. The molecule has 1 aliphatic rings. The Morgan fingerprint density at radius 1 is 1.20 bits per heavy atom. The molecule has 0 atom stereocenters. The van der Waals surface area contributed by atoms with E-state index >= 15 is 0 Å². The van der Waals surface area contributed by atoms with Crippen molar-refractivity contribution >= 4 is 5.69 Å². The maximum absolute atomic E-state index is 9.32. The van der Waals surface area contributed by atoms with Gasteiger partial charge in [-0.15, -0.1) is 0 Å². The maximum atomic E-state index is 9.32. The van der Waals surface area contributed by atoms with Crippen LogP contribution in [0.15, 0.2) is 18.2 Å². The molecule has 1 saturated carbocycles. The lowest BCUT2D eigenvalue weighted by atomic mass is 9.85. The van der Waals surface area contributed by atoms with Crippen molar-refractivity contribution in [1.82, 2.24) is 0 Å². The molecule has 1 fully saturated rings. The van der Waals surface area contributed by atoms with Gasteiger partial charge in [0.2, 0.25) is 0 Å². The molecule has 0 aliphatic heterocycles. The van der Waals surface area contributed by atoms with Crippen LogP contribution in [-0.2, 0) is 6.42 Å². The van der Waals surface area contributed by atoms with Crippen LogP contribution in [-0.4, -0.2) is 5.11 Å². The standard InChI is InChI=1S/C13H19NO/c14-12-9-11(6-7-13(12)15)8-10-4-2-1-3-5-10/h6-7,9-10,15H,1-5,8,14H2.